The molecule has 16 heavy (non-hydrogen) atoms. The number of nitrogens with zero attached hydrogens (tertiary/aromatic N) is 2. The first kappa shape index (κ1) is 11.5. The van der Waals surface area contributed by atoms with Crippen LogP contribution in [0.1, 0.15) is 31.5 Å². The predicted molar refractivity (Wildman–Crippen MR) is 61.8 cm³/mol. The molecule has 4 nitrogen and oxygen atoms in total. The van der Waals surface area contributed by atoms with Crippen LogP contribution < -0.4 is 0 Å². The summed E-state index contributed by atoms with van der Waals surface area (Å²) in [5.74, 6) is 0.700. The third-order valence-corrected chi connectivity index (χ3v) is 3.25. The van der Waals surface area contributed by atoms with Crippen molar-refractivity contribution in [1.82, 2.24) is 9.97 Å². The van der Waals surface area contributed by atoms with E-state index in [9.17, 15) is 4.79 Å². The van der Waals surface area contributed by atoms with Gasteiger partial charge in [-0.1, -0.05) is 0 Å². The SMILES string of the molecule is CCOC(=O)C1CCC1c1ncc(Br)cn1. The van der Waals surface area contributed by atoms with Crippen LogP contribution in [0, 0.1) is 5.92 Å². The Hall–Kier alpha value is -0.970. The monoisotopic (exact) mass is 284 g/mol. The molecule has 1 fully saturated rings. The summed E-state index contributed by atoms with van der Waals surface area (Å²) in [5.41, 5.74) is 0. The lowest BCUT2D eigenvalue weighted by Gasteiger charge is -2.33. The smallest absolute Gasteiger partial charge is 0.309 e. The number of carbonyl (C=O) groups is 1. The Morgan fingerprint density at radius 3 is 2.69 bits per heavy atom. The Balaban J connectivity index is 2.05. The van der Waals surface area contributed by atoms with E-state index in [4.69, 9.17) is 4.74 Å². The third-order valence-electron chi connectivity index (χ3n) is 2.84. The molecule has 0 spiro atoms. The molecule has 86 valence electrons. The highest BCUT2D eigenvalue weighted by molar-refractivity contribution is 9.10. The van der Waals surface area contributed by atoms with Gasteiger partial charge < -0.3 is 4.74 Å². The van der Waals surface area contributed by atoms with Gasteiger partial charge in [-0.3, -0.25) is 4.79 Å². The topological polar surface area (TPSA) is 52.1 Å². The minimum atomic E-state index is -0.120. The summed E-state index contributed by atoms with van der Waals surface area (Å²) in [5, 5.41) is 0. The molecule has 1 aromatic heterocycles. The fourth-order valence-corrected chi connectivity index (χ4v) is 2.06. The lowest BCUT2D eigenvalue weighted by Crippen LogP contribution is -2.33. The van der Waals surface area contributed by atoms with Crippen molar-refractivity contribution < 1.29 is 9.53 Å². The van der Waals surface area contributed by atoms with Crippen LogP contribution in [-0.2, 0) is 9.53 Å². The molecule has 1 aliphatic carbocycles. The first-order valence-corrected chi connectivity index (χ1v) is 6.15. The Kier molecular flexibility index (Phi) is 3.53. The zero-order valence-corrected chi connectivity index (χ0v) is 10.6. The van der Waals surface area contributed by atoms with Gasteiger partial charge in [-0.05, 0) is 35.7 Å². The zero-order chi connectivity index (χ0) is 11.5. The summed E-state index contributed by atoms with van der Waals surface area (Å²) in [4.78, 5) is 20.0. The molecule has 1 heterocycles. The number of ether oxygens (including phenoxy) is 1. The minimum Gasteiger partial charge on any atom is -0.466 e. The van der Waals surface area contributed by atoms with Gasteiger partial charge in [0.15, 0.2) is 0 Å². The summed E-state index contributed by atoms with van der Waals surface area (Å²) < 4.78 is 5.87. The van der Waals surface area contributed by atoms with Crippen LogP contribution in [0.5, 0.6) is 0 Å². The van der Waals surface area contributed by atoms with Gasteiger partial charge in [-0.2, -0.15) is 0 Å². The number of esters is 1. The third kappa shape index (κ3) is 2.24. The second-order valence-corrected chi connectivity index (χ2v) is 4.72. The predicted octanol–water partition coefficient (Wildman–Crippen LogP) is 2.30. The molecular formula is C11H13BrN2O2. The fraction of sp³-hybridized carbons (Fsp3) is 0.545. The first-order valence-electron chi connectivity index (χ1n) is 5.36. The number of carbonyl (C=O) groups excluding carboxylic acids is 1. The maximum atomic E-state index is 11.6. The van der Waals surface area contributed by atoms with Crippen molar-refractivity contribution in [1.29, 1.82) is 0 Å². The fourth-order valence-electron chi connectivity index (χ4n) is 1.85. The van der Waals surface area contributed by atoms with Gasteiger partial charge in [0, 0.05) is 18.3 Å². The number of halogens is 1. The minimum absolute atomic E-state index is 0.0545. The van der Waals surface area contributed by atoms with Crippen LogP contribution in [0.2, 0.25) is 0 Å². The number of hydrogen-bond donors (Lipinski definition) is 0. The van der Waals surface area contributed by atoms with Crippen LogP contribution in [0.15, 0.2) is 16.9 Å². The van der Waals surface area contributed by atoms with E-state index in [0.29, 0.717) is 6.61 Å². The van der Waals surface area contributed by atoms with E-state index in [-0.39, 0.29) is 17.8 Å². The Bertz CT molecular complexity index is 380. The molecule has 1 aromatic rings. The maximum absolute atomic E-state index is 11.6. The molecule has 2 unspecified atom stereocenters. The van der Waals surface area contributed by atoms with E-state index in [1.54, 1.807) is 12.4 Å². The number of hydrogen-bond acceptors (Lipinski definition) is 4. The largest absolute Gasteiger partial charge is 0.466 e. The van der Waals surface area contributed by atoms with Crippen LogP contribution in [0.3, 0.4) is 0 Å². The molecule has 2 atom stereocenters. The van der Waals surface area contributed by atoms with Crippen molar-refractivity contribution in [3.63, 3.8) is 0 Å². The van der Waals surface area contributed by atoms with Crippen molar-refractivity contribution in [2.24, 2.45) is 5.92 Å². The molecule has 0 N–H and O–H groups in total. The summed E-state index contributed by atoms with van der Waals surface area (Å²) in [7, 11) is 0. The molecule has 1 saturated carbocycles. The van der Waals surface area contributed by atoms with Gasteiger partial charge in [-0.25, -0.2) is 9.97 Å². The van der Waals surface area contributed by atoms with Crippen LogP contribution in [0.4, 0.5) is 0 Å². The van der Waals surface area contributed by atoms with Gasteiger partial charge in [0.05, 0.1) is 17.0 Å². The highest BCUT2D eigenvalue weighted by Crippen LogP contribution is 2.41. The first-order chi connectivity index (χ1) is 7.72. The number of rotatable bonds is 3. The van der Waals surface area contributed by atoms with Crippen LogP contribution in [0.25, 0.3) is 0 Å². The maximum Gasteiger partial charge on any atom is 0.309 e. The number of aromatic nitrogens is 2. The molecule has 2 rings (SSSR count). The zero-order valence-electron chi connectivity index (χ0n) is 9.02. The highest BCUT2D eigenvalue weighted by atomic mass is 79.9. The lowest BCUT2D eigenvalue weighted by atomic mass is 9.73. The average Bonchev–Trinajstić information content (AvgIpc) is 2.20. The molecule has 5 heteroatoms. The van der Waals surface area contributed by atoms with E-state index >= 15 is 0 Å². The summed E-state index contributed by atoms with van der Waals surface area (Å²) in [6.45, 7) is 2.25. The van der Waals surface area contributed by atoms with Gasteiger partial charge in [-0.15, -0.1) is 0 Å². The molecule has 0 bridgehead atoms. The second kappa shape index (κ2) is 4.91. The summed E-state index contributed by atoms with van der Waals surface area (Å²) in [6, 6.07) is 0. The van der Waals surface area contributed by atoms with Gasteiger partial charge in [0.1, 0.15) is 5.82 Å². The standard InChI is InChI=1S/C11H13BrN2O2/c1-2-16-11(15)9-4-3-8(9)10-13-5-7(12)6-14-10/h5-6,8-9H,2-4H2,1H3. The van der Waals surface area contributed by atoms with Crippen molar-refractivity contribution in [3.05, 3.63) is 22.7 Å². The van der Waals surface area contributed by atoms with E-state index < -0.39 is 0 Å². The van der Waals surface area contributed by atoms with Crippen molar-refractivity contribution in [3.8, 4) is 0 Å². The van der Waals surface area contributed by atoms with Gasteiger partial charge in [0.2, 0.25) is 0 Å². The Labute approximate surface area is 103 Å². The second-order valence-electron chi connectivity index (χ2n) is 3.80. The van der Waals surface area contributed by atoms with E-state index in [0.717, 1.165) is 23.1 Å². The molecule has 0 aromatic carbocycles. The molecule has 0 aliphatic heterocycles. The van der Waals surface area contributed by atoms with Gasteiger partial charge in [0.25, 0.3) is 0 Å². The summed E-state index contributed by atoms with van der Waals surface area (Å²) in [6.07, 6.45) is 5.26. The molecule has 0 saturated heterocycles. The molecular weight excluding hydrogens is 272 g/mol. The molecule has 0 amide bonds. The molecule has 0 radical (unpaired) electrons. The van der Waals surface area contributed by atoms with Crippen molar-refractivity contribution in [2.75, 3.05) is 6.61 Å². The normalized spacial score (nSPS) is 23.6. The Morgan fingerprint density at radius 2 is 2.19 bits per heavy atom. The van der Waals surface area contributed by atoms with E-state index in [1.165, 1.54) is 0 Å². The van der Waals surface area contributed by atoms with Gasteiger partial charge >= 0.3 is 5.97 Å². The van der Waals surface area contributed by atoms with Crippen molar-refractivity contribution >= 4 is 21.9 Å². The van der Waals surface area contributed by atoms with Crippen LogP contribution >= 0.6 is 15.9 Å². The lowest BCUT2D eigenvalue weighted by molar-refractivity contribution is -0.152. The molecule has 1 aliphatic rings. The Morgan fingerprint density at radius 1 is 1.50 bits per heavy atom. The highest BCUT2D eigenvalue weighted by Gasteiger charge is 2.40. The quantitative estimate of drug-likeness (QED) is 0.800. The van der Waals surface area contributed by atoms with E-state index in [2.05, 4.69) is 25.9 Å². The van der Waals surface area contributed by atoms with E-state index in [1.807, 2.05) is 6.92 Å². The van der Waals surface area contributed by atoms with Crippen LogP contribution in [-0.4, -0.2) is 22.5 Å². The van der Waals surface area contributed by atoms with Crippen molar-refractivity contribution in [2.45, 2.75) is 25.7 Å². The average molecular weight is 285 g/mol. The summed E-state index contributed by atoms with van der Waals surface area (Å²) >= 11 is 3.29.